The first-order valence-electron chi connectivity index (χ1n) is 3.77. The van der Waals surface area contributed by atoms with Gasteiger partial charge in [0.1, 0.15) is 0 Å². The molecule has 0 aromatic carbocycles. The van der Waals surface area contributed by atoms with Crippen molar-refractivity contribution in [3.63, 3.8) is 0 Å². The smallest absolute Gasteiger partial charge is 0.332 e. The molecule has 62 valence electrons. The Hall–Kier alpha value is -1.51. The quantitative estimate of drug-likeness (QED) is 0.640. The Labute approximate surface area is 69.6 Å². The van der Waals surface area contributed by atoms with E-state index in [-0.39, 0.29) is 0 Å². The maximum absolute atomic E-state index is 10.7. The van der Waals surface area contributed by atoms with Gasteiger partial charge in [0.15, 0.2) is 0 Å². The van der Waals surface area contributed by atoms with Crippen molar-refractivity contribution >= 4 is 5.97 Å². The number of aliphatic carboxylic acids is 1. The first-order valence-corrected chi connectivity index (χ1v) is 3.77. The van der Waals surface area contributed by atoms with Crippen LogP contribution in [0.3, 0.4) is 0 Å². The molecule has 2 aliphatic rings. The van der Waals surface area contributed by atoms with Crippen LogP contribution >= 0.6 is 0 Å². The van der Waals surface area contributed by atoms with Gasteiger partial charge in [-0.3, -0.25) is 0 Å². The van der Waals surface area contributed by atoms with Crippen LogP contribution in [0.2, 0.25) is 0 Å². The van der Waals surface area contributed by atoms with Crippen LogP contribution in [0.4, 0.5) is 0 Å². The molecule has 0 saturated heterocycles. The number of fused-ring (bicyclic) bond motifs is 1. The first kappa shape index (κ1) is 7.16. The summed E-state index contributed by atoms with van der Waals surface area (Å²) in [6.07, 6.45) is 6.23. The monoisotopic (exact) mass is 164 g/mol. The van der Waals surface area contributed by atoms with Crippen molar-refractivity contribution in [2.24, 2.45) is 0 Å². The van der Waals surface area contributed by atoms with Crippen LogP contribution in [-0.4, -0.2) is 11.1 Å². The lowest BCUT2D eigenvalue weighted by Gasteiger charge is -2.05. The highest BCUT2D eigenvalue weighted by Gasteiger charge is 2.24. The number of hydrogen-bond acceptors (Lipinski definition) is 2. The van der Waals surface area contributed by atoms with Gasteiger partial charge in [0, 0.05) is 5.57 Å². The number of hydrogen-bond donors (Lipinski definition) is 1. The number of ether oxygens (including phenoxy) is 1. The molecule has 0 spiro atoms. The third-order valence-electron chi connectivity index (χ3n) is 2.10. The molecule has 0 aromatic heterocycles. The van der Waals surface area contributed by atoms with Gasteiger partial charge in [-0.2, -0.15) is 0 Å². The minimum atomic E-state index is -0.819. The van der Waals surface area contributed by atoms with E-state index in [9.17, 15) is 4.79 Å². The fraction of sp³-hybridized carbons (Fsp3) is 0.222. The molecular weight excluding hydrogens is 156 g/mol. The molecule has 2 rings (SSSR count). The molecule has 0 bridgehead atoms. The summed E-state index contributed by atoms with van der Waals surface area (Å²) in [7, 11) is 0. The average Bonchev–Trinajstić information content (AvgIpc) is 2.47. The van der Waals surface area contributed by atoms with Gasteiger partial charge in [-0.25, -0.2) is 4.79 Å². The molecule has 3 nitrogen and oxygen atoms in total. The van der Waals surface area contributed by atoms with Gasteiger partial charge >= 0.3 is 5.97 Å². The standard InChI is InChI=1S/C9H8O3/c10-9(11)8-2-1-6-5-12-4-3-7(6)8/h3-5H,1-2H2,(H,10,11). The van der Waals surface area contributed by atoms with Crippen molar-refractivity contribution in [2.75, 3.05) is 0 Å². The zero-order valence-electron chi connectivity index (χ0n) is 6.41. The Kier molecular flexibility index (Phi) is 1.50. The van der Waals surface area contributed by atoms with E-state index in [4.69, 9.17) is 9.84 Å². The number of allylic oxidation sites excluding steroid dienone is 3. The molecule has 0 aromatic rings. The molecule has 12 heavy (non-hydrogen) atoms. The highest BCUT2D eigenvalue weighted by atomic mass is 16.5. The SMILES string of the molecule is O=C(O)C1=C2C=COC=C2CC1. The lowest BCUT2D eigenvalue weighted by Crippen LogP contribution is -1.99. The molecule has 1 aliphatic heterocycles. The highest BCUT2D eigenvalue weighted by Crippen LogP contribution is 2.34. The Bertz CT molecular complexity index is 321. The predicted octanol–water partition coefficient (Wildman–Crippen LogP) is 1.59. The van der Waals surface area contributed by atoms with E-state index in [2.05, 4.69) is 0 Å². The number of rotatable bonds is 1. The summed E-state index contributed by atoms with van der Waals surface area (Å²) < 4.78 is 4.94. The molecule has 1 N–H and O–H groups in total. The zero-order valence-corrected chi connectivity index (χ0v) is 6.41. The van der Waals surface area contributed by atoms with Gasteiger partial charge in [0.25, 0.3) is 0 Å². The highest BCUT2D eigenvalue weighted by molar-refractivity contribution is 5.90. The van der Waals surface area contributed by atoms with Crippen molar-refractivity contribution in [1.82, 2.24) is 0 Å². The summed E-state index contributed by atoms with van der Waals surface area (Å²) in [5.74, 6) is -0.819. The fourth-order valence-electron chi connectivity index (χ4n) is 1.50. The van der Waals surface area contributed by atoms with Crippen LogP contribution < -0.4 is 0 Å². The molecule has 0 atom stereocenters. The number of carbonyl (C=O) groups is 1. The summed E-state index contributed by atoms with van der Waals surface area (Å²) >= 11 is 0. The molecule has 1 aliphatic carbocycles. The second-order valence-corrected chi connectivity index (χ2v) is 2.78. The number of carboxylic acids is 1. The lowest BCUT2D eigenvalue weighted by atomic mass is 10.1. The van der Waals surface area contributed by atoms with Crippen molar-refractivity contribution < 1.29 is 14.6 Å². The topological polar surface area (TPSA) is 46.5 Å². The normalized spacial score (nSPS) is 20.2. The van der Waals surface area contributed by atoms with E-state index in [1.165, 1.54) is 6.26 Å². The summed E-state index contributed by atoms with van der Waals surface area (Å²) in [6, 6.07) is 0. The minimum Gasteiger partial charge on any atom is -0.478 e. The van der Waals surface area contributed by atoms with E-state index in [1.54, 1.807) is 12.3 Å². The van der Waals surface area contributed by atoms with Gasteiger partial charge in [0.2, 0.25) is 0 Å². The van der Waals surface area contributed by atoms with Crippen LogP contribution in [0.1, 0.15) is 12.8 Å². The molecule has 1 heterocycles. The fourth-order valence-corrected chi connectivity index (χ4v) is 1.50. The van der Waals surface area contributed by atoms with Crippen molar-refractivity contribution in [3.05, 3.63) is 35.3 Å². The lowest BCUT2D eigenvalue weighted by molar-refractivity contribution is -0.132. The molecule has 3 heteroatoms. The van der Waals surface area contributed by atoms with E-state index < -0.39 is 5.97 Å². The second kappa shape index (κ2) is 2.52. The van der Waals surface area contributed by atoms with E-state index in [0.29, 0.717) is 12.0 Å². The zero-order chi connectivity index (χ0) is 8.55. The van der Waals surface area contributed by atoms with E-state index in [0.717, 1.165) is 17.6 Å². The van der Waals surface area contributed by atoms with E-state index >= 15 is 0 Å². The van der Waals surface area contributed by atoms with Crippen LogP contribution in [0, 0.1) is 0 Å². The van der Waals surface area contributed by atoms with Crippen molar-refractivity contribution in [1.29, 1.82) is 0 Å². The maximum atomic E-state index is 10.7. The first-order chi connectivity index (χ1) is 5.79. The second-order valence-electron chi connectivity index (χ2n) is 2.78. The Morgan fingerprint density at radius 1 is 1.50 bits per heavy atom. The molecule has 0 unspecified atom stereocenters. The minimum absolute atomic E-state index is 0.501. The van der Waals surface area contributed by atoms with Crippen LogP contribution in [-0.2, 0) is 9.53 Å². The van der Waals surface area contributed by atoms with Gasteiger partial charge in [-0.05, 0) is 30.1 Å². The molecule has 0 saturated carbocycles. The summed E-state index contributed by atoms with van der Waals surface area (Å²) in [4.78, 5) is 10.7. The summed E-state index contributed by atoms with van der Waals surface area (Å²) in [6.45, 7) is 0. The van der Waals surface area contributed by atoms with Crippen LogP contribution in [0.15, 0.2) is 35.3 Å². The van der Waals surface area contributed by atoms with Crippen LogP contribution in [0.25, 0.3) is 0 Å². The van der Waals surface area contributed by atoms with E-state index in [1.807, 2.05) is 0 Å². The van der Waals surface area contributed by atoms with Crippen LogP contribution in [0.5, 0.6) is 0 Å². The van der Waals surface area contributed by atoms with Crippen molar-refractivity contribution in [2.45, 2.75) is 12.8 Å². The largest absolute Gasteiger partial charge is 0.478 e. The van der Waals surface area contributed by atoms with Gasteiger partial charge in [-0.1, -0.05) is 0 Å². The predicted molar refractivity (Wildman–Crippen MR) is 42.2 cm³/mol. The van der Waals surface area contributed by atoms with Gasteiger partial charge in [0.05, 0.1) is 12.5 Å². The Balaban J connectivity index is 2.45. The van der Waals surface area contributed by atoms with Crippen molar-refractivity contribution in [3.8, 4) is 0 Å². The molecule has 0 fully saturated rings. The molecule has 0 amide bonds. The maximum Gasteiger partial charge on any atom is 0.332 e. The van der Waals surface area contributed by atoms with Gasteiger partial charge < -0.3 is 9.84 Å². The summed E-state index contributed by atoms with van der Waals surface area (Å²) in [5, 5.41) is 8.79. The third-order valence-corrected chi connectivity index (χ3v) is 2.10. The average molecular weight is 164 g/mol. The summed E-state index contributed by atoms with van der Waals surface area (Å²) in [5.41, 5.74) is 2.32. The van der Waals surface area contributed by atoms with Gasteiger partial charge in [-0.15, -0.1) is 0 Å². The Morgan fingerprint density at radius 3 is 3.08 bits per heavy atom. The molecule has 0 radical (unpaired) electrons. The number of carboxylic acid groups (broad SMARTS) is 1. The Morgan fingerprint density at radius 2 is 2.33 bits per heavy atom. The third kappa shape index (κ3) is 0.942. The molecular formula is C9H8O3.